The first-order chi connectivity index (χ1) is 12.1. The minimum atomic E-state index is -0.275. The highest BCUT2D eigenvalue weighted by Gasteiger charge is 2.07. The third-order valence-corrected chi connectivity index (χ3v) is 3.63. The van der Waals surface area contributed by atoms with Crippen LogP contribution in [0.15, 0.2) is 66.9 Å². The molecule has 1 heterocycles. The molecular weight excluding hydrogens is 336 g/mol. The van der Waals surface area contributed by atoms with E-state index in [1.165, 1.54) is 0 Å². The van der Waals surface area contributed by atoms with Gasteiger partial charge in [-0.15, -0.1) is 0 Å². The Labute approximate surface area is 149 Å². The molecule has 122 valence electrons. The lowest BCUT2D eigenvalue weighted by Gasteiger charge is -2.08. The van der Waals surface area contributed by atoms with Crippen molar-refractivity contribution in [2.45, 2.75) is 0 Å². The number of pyridine rings is 1. The minimum absolute atomic E-state index is 0.275. The average Bonchev–Trinajstić information content (AvgIpc) is 2.64. The molecule has 0 aliphatic carbocycles. The molecule has 3 rings (SSSR count). The number of aromatic nitrogens is 1. The molecule has 0 fully saturated rings. The summed E-state index contributed by atoms with van der Waals surface area (Å²) < 4.78 is 0. The number of hydrogen-bond donors (Lipinski definition) is 2. The van der Waals surface area contributed by atoms with Crippen molar-refractivity contribution in [2.24, 2.45) is 0 Å². The summed E-state index contributed by atoms with van der Waals surface area (Å²) in [5.41, 5.74) is 2.68. The van der Waals surface area contributed by atoms with E-state index >= 15 is 0 Å². The van der Waals surface area contributed by atoms with Gasteiger partial charge in [-0.25, -0.2) is 4.98 Å². The number of anilines is 3. The zero-order valence-corrected chi connectivity index (χ0v) is 13.8. The highest BCUT2D eigenvalue weighted by Crippen LogP contribution is 2.18. The van der Waals surface area contributed by atoms with Gasteiger partial charge in [0.1, 0.15) is 5.82 Å². The van der Waals surface area contributed by atoms with Crippen LogP contribution in [0.5, 0.6) is 0 Å². The second-order valence-electron chi connectivity index (χ2n) is 5.21. The molecular formula is C19H13ClN4O. The van der Waals surface area contributed by atoms with Crippen LogP contribution in [0.4, 0.5) is 17.2 Å². The number of carbonyl (C=O) groups is 1. The van der Waals surface area contributed by atoms with Crippen molar-refractivity contribution < 1.29 is 4.79 Å². The average molecular weight is 349 g/mol. The van der Waals surface area contributed by atoms with E-state index in [1.807, 2.05) is 12.1 Å². The summed E-state index contributed by atoms with van der Waals surface area (Å²) in [6.07, 6.45) is 1.62. The highest BCUT2D eigenvalue weighted by molar-refractivity contribution is 6.31. The normalized spacial score (nSPS) is 9.92. The molecule has 0 aliphatic rings. The third kappa shape index (κ3) is 4.34. The third-order valence-electron chi connectivity index (χ3n) is 3.39. The van der Waals surface area contributed by atoms with Crippen molar-refractivity contribution in [1.29, 1.82) is 5.26 Å². The Morgan fingerprint density at radius 3 is 2.44 bits per heavy atom. The Bertz CT molecular complexity index is 931. The maximum Gasteiger partial charge on any atom is 0.256 e. The Balaban J connectivity index is 1.65. The zero-order valence-electron chi connectivity index (χ0n) is 13.0. The van der Waals surface area contributed by atoms with Gasteiger partial charge in [-0.2, -0.15) is 5.26 Å². The van der Waals surface area contributed by atoms with Gasteiger partial charge in [0.2, 0.25) is 0 Å². The molecule has 0 atom stereocenters. The monoisotopic (exact) mass is 348 g/mol. The highest BCUT2D eigenvalue weighted by atomic mass is 35.5. The Morgan fingerprint density at radius 1 is 1.04 bits per heavy atom. The topological polar surface area (TPSA) is 77.8 Å². The molecule has 25 heavy (non-hydrogen) atoms. The predicted octanol–water partition coefficient (Wildman–Crippen LogP) is 4.60. The summed E-state index contributed by atoms with van der Waals surface area (Å²) in [4.78, 5) is 16.4. The van der Waals surface area contributed by atoms with Gasteiger partial charge in [0, 0.05) is 16.3 Å². The van der Waals surface area contributed by atoms with E-state index in [0.717, 1.165) is 11.4 Å². The van der Waals surface area contributed by atoms with Crippen LogP contribution in [0.3, 0.4) is 0 Å². The number of nitrogens with zero attached hydrogens (tertiary/aromatic N) is 2. The summed E-state index contributed by atoms with van der Waals surface area (Å²) in [7, 11) is 0. The maximum absolute atomic E-state index is 12.2. The fourth-order valence-electron chi connectivity index (χ4n) is 2.15. The first-order valence-corrected chi connectivity index (χ1v) is 7.82. The van der Waals surface area contributed by atoms with E-state index in [4.69, 9.17) is 16.9 Å². The predicted molar refractivity (Wildman–Crippen MR) is 98.1 cm³/mol. The Morgan fingerprint density at radius 2 is 1.80 bits per heavy atom. The summed E-state index contributed by atoms with van der Waals surface area (Å²) in [5, 5.41) is 15.2. The molecule has 3 aromatic rings. The zero-order chi connectivity index (χ0) is 17.6. The molecule has 0 bridgehead atoms. The number of nitrogens with one attached hydrogen (secondary N) is 2. The number of nitriles is 1. The number of halogens is 1. The molecule has 0 radical (unpaired) electrons. The van der Waals surface area contributed by atoms with E-state index in [9.17, 15) is 4.79 Å². The van der Waals surface area contributed by atoms with Crippen LogP contribution in [0.1, 0.15) is 15.9 Å². The van der Waals surface area contributed by atoms with E-state index in [0.29, 0.717) is 22.0 Å². The number of rotatable bonds is 4. The van der Waals surface area contributed by atoms with Crippen LogP contribution >= 0.6 is 11.6 Å². The molecule has 5 nitrogen and oxygen atoms in total. The SMILES string of the molecule is N#Cc1ccc(Nc2ccc(NC(=O)c3cccc(Cl)c3)nc2)cc1. The second kappa shape index (κ2) is 7.47. The standard InChI is InChI=1S/C19H13ClN4O/c20-15-3-1-2-14(10-15)19(25)24-18-9-8-17(12-22-18)23-16-6-4-13(11-21)5-7-16/h1-10,12,23H,(H,22,24,25). The quantitative estimate of drug-likeness (QED) is 0.722. The van der Waals surface area contributed by atoms with E-state index in [1.54, 1.807) is 54.7 Å². The van der Waals surface area contributed by atoms with Gasteiger partial charge >= 0.3 is 0 Å². The van der Waals surface area contributed by atoms with Crippen molar-refractivity contribution in [1.82, 2.24) is 4.98 Å². The number of hydrogen-bond acceptors (Lipinski definition) is 4. The summed E-state index contributed by atoms with van der Waals surface area (Å²) in [6.45, 7) is 0. The summed E-state index contributed by atoms with van der Waals surface area (Å²) in [6, 6.07) is 19.4. The van der Waals surface area contributed by atoms with Crippen molar-refractivity contribution >= 4 is 34.7 Å². The first kappa shape index (κ1) is 16.5. The van der Waals surface area contributed by atoms with Gasteiger partial charge in [-0.1, -0.05) is 17.7 Å². The lowest BCUT2D eigenvalue weighted by atomic mass is 10.2. The van der Waals surface area contributed by atoms with Gasteiger partial charge in [0.15, 0.2) is 0 Å². The fraction of sp³-hybridized carbons (Fsp3) is 0. The van der Waals surface area contributed by atoms with Crippen LogP contribution in [-0.4, -0.2) is 10.9 Å². The van der Waals surface area contributed by atoms with Crippen LogP contribution in [-0.2, 0) is 0 Å². The lowest BCUT2D eigenvalue weighted by molar-refractivity contribution is 0.102. The molecule has 0 spiro atoms. The first-order valence-electron chi connectivity index (χ1n) is 7.44. The van der Waals surface area contributed by atoms with Gasteiger partial charge in [0.25, 0.3) is 5.91 Å². The molecule has 1 aromatic heterocycles. The minimum Gasteiger partial charge on any atom is -0.354 e. The molecule has 6 heteroatoms. The van der Waals surface area contributed by atoms with Crippen molar-refractivity contribution in [3.8, 4) is 6.07 Å². The van der Waals surface area contributed by atoms with Crippen LogP contribution < -0.4 is 10.6 Å². The number of amides is 1. The van der Waals surface area contributed by atoms with Gasteiger partial charge in [-0.05, 0) is 54.6 Å². The van der Waals surface area contributed by atoms with Crippen LogP contribution in [0, 0.1) is 11.3 Å². The number of carbonyl (C=O) groups excluding carboxylic acids is 1. The number of benzene rings is 2. The van der Waals surface area contributed by atoms with E-state index in [2.05, 4.69) is 21.7 Å². The van der Waals surface area contributed by atoms with Gasteiger partial charge < -0.3 is 10.6 Å². The molecule has 1 amide bonds. The summed E-state index contributed by atoms with van der Waals surface area (Å²) in [5.74, 6) is 0.165. The van der Waals surface area contributed by atoms with E-state index < -0.39 is 0 Å². The lowest BCUT2D eigenvalue weighted by Crippen LogP contribution is -2.12. The largest absolute Gasteiger partial charge is 0.354 e. The van der Waals surface area contributed by atoms with E-state index in [-0.39, 0.29) is 5.91 Å². The van der Waals surface area contributed by atoms with Crippen LogP contribution in [0.2, 0.25) is 5.02 Å². The smallest absolute Gasteiger partial charge is 0.256 e. The Hall–Kier alpha value is -3.36. The van der Waals surface area contributed by atoms with Crippen molar-refractivity contribution in [3.05, 3.63) is 83.0 Å². The van der Waals surface area contributed by atoms with Crippen molar-refractivity contribution in [2.75, 3.05) is 10.6 Å². The molecule has 0 aliphatic heterocycles. The molecule has 0 saturated heterocycles. The fourth-order valence-corrected chi connectivity index (χ4v) is 2.35. The second-order valence-corrected chi connectivity index (χ2v) is 5.65. The Kier molecular flexibility index (Phi) is 4.93. The summed E-state index contributed by atoms with van der Waals surface area (Å²) >= 11 is 5.89. The molecule has 2 aromatic carbocycles. The van der Waals surface area contributed by atoms with Gasteiger partial charge in [0.05, 0.1) is 23.5 Å². The van der Waals surface area contributed by atoms with Crippen LogP contribution in [0.25, 0.3) is 0 Å². The van der Waals surface area contributed by atoms with Crippen molar-refractivity contribution in [3.63, 3.8) is 0 Å². The van der Waals surface area contributed by atoms with Gasteiger partial charge in [-0.3, -0.25) is 4.79 Å². The molecule has 0 saturated carbocycles. The maximum atomic E-state index is 12.2. The molecule has 0 unspecified atom stereocenters. The molecule has 2 N–H and O–H groups in total.